The van der Waals surface area contributed by atoms with Crippen molar-refractivity contribution in [1.82, 2.24) is 16.0 Å². The number of ether oxygens (including phenoxy) is 2. The van der Waals surface area contributed by atoms with E-state index in [0.717, 1.165) is 42.7 Å². The van der Waals surface area contributed by atoms with Gasteiger partial charge in [0, 0.05) is 32.3 Å². The molecule has 0 aromatic heterocycles. The Balaban J connectivity index is 1.86. The number of aryl methyl sites for hydroxylation is 1. The number of carbonyl (C=O) groups excluding carboxylic acids is 1. The number of nitrogens with zero attached hydrogens (tertiary/aromatic N) is 1. The maximum Gasteiger partial charge on any atom is 0.239 e. The number of guanidine groups is 1. The zero-order valence-electron chi connectivity index (χ0n) is 16.6. The van der Waals surface area contributed by atoms with Crippen molar-refractivity contribution < 1.29 is 14.3 Å². The summed E-state index contributed by atoms with van der Waals surface area (Å²) in [6.07, 6.45) is 3.25. The predicted molar refractivity (Wildman–Crippen MR) is 107 cm³/mol. The Kier molecular flexibility index (Phi) is 8.91. The van der Waals surface area contributed by atoms with Crippen molar-refractivity contribution in [1.29, 1.82) is 0 Å². The van der Waals surface area contributed by atoms with Crippen molar-refractivity contribution in [3.05, 3.63) is 29.3 Å². The standard InChI is InChI=1S/C20H32N4O3/c1-4-9-22-19(25)13-24-20(21-3)23-12-16-8-7-15(2)11-18(16)27-14-17-6-5-10-26-17/h7-8,11,17H,4-6,9-10,12-14H2,1-3H3,(H,22,25)(H2,21,23,24). The molecular weight excluding hydrogens is 344 g/mol. The second kappa shape index (κ2) is 11.4. The van der Waals surface area contributed by atoms with E-state index in [1.807, 2.05) is 19.9 Å². The van der Waals surface area contributed by atoms with Gasteiger partial charge in [-0.1, -0.05) is 19.1 Å². The van der Waals surface area contributed by atoms with Gasteiger partial charge < -0.3 is 25.4 Å². The van der Waals surface area contributed by atoms with Crippen LogP contribution in [0.1, 0.15) is 37.3 Å². The van der Waals surface area contributed by atoms with E-state index in [1.54, 1.807) is 7.05 Å². The molecule has 1 fully saturated rings. The summed E-state index contributed by atoms with van der Waals surface area (Å²) in [5, 5.41) is 9.08. The van der Waals surface area contributed by atoms with E-state index in [0.29, 0.717) is 25.7 Å². The van der Waals surface area contributed by atoms with Gasteiger partial charge in [-0.3, -0.25) is 9.79 Å². The lowest BCUT2D eigenvalue weighted by Crippen LogP contribution is -2.43. The summed E-state index contributed by atoms with van der Waals surface area (Å²) >= 11 is 0. The van der Waals surface area contributed by atoms with Crippen molar-refractivity contribution >= 4 is 11.9 Å². The van der Waals surface area contributed by atoms with Crippen molar-refractivity contribution in [3.8, 4) is 5.75 Å². The van der Waals surface area contributed by atoms with Crippen LogP contribution in [-0.2, 0) is 16.1 Å². The molecule has 1 unspecified atom stereocenters. The molecule has 7 nitrogen and oxygen atoms in total. The molecule has 1 saturated heterocycles. The minimum Gasteiger partial charge on any atom is -0.491 e. The first-order chi connectivity index (χ1) is 13.1. The van der Waals surface area contributed by atoms with Crippen LogP contribution < -0.4 is 20.7 Å². The molecule has 1 aliphatic rings. The van der Waals surface area contributed by atoms with E-state index in [-0.39, 0.29) is 18.6 Å². The second-order valence-corrected chi connectivity index (χ2v) is 6.69. The summed E-state index contributed by atoms with van der Waals surface area (Å²) in [6, 6.07) is 6.15. The van der Waals surface area contributed by atoms with Gasteiger partial charge in [0.25, 0.3) is 0 Å². The lowest BCUT2D eigenvalue weighted by Gasteiger charge is -2.17. The first-order valence-electron chi connectivity index (χ1n) is 9.67. The molecule has 1 aliphatic heterocycles. The molecule has 1 amide bonds. The third-order valence-electron chi connectivity index (χ3n) is 4.33. The highest BCUT2D eigenvalue weighted by atomic mass is 16.5. The number of nitrogens with one attached hydrogen (secondary N) is 3. The van der Waals surface area contributed by atoms with Crippen LogP contribution in [0.5, 0.6) is 5.75 Å². The number of rotatable bonds is 9. The quantitative estimate of drug-likeness (QED) is 0.452. The average molecular weight is 377 g/mol. The highest BCUT2D eigenvalue weighted by Gasteiger charge is 2.17. The van der Waals surface area contributed by atoms with Crippen LogP contribution in [-0.4, -0.2) is 51.3 Å². The van der Waals surface area contributed by atoms with Gasteiger partial charge in [0.15, 0.2) is 5.96 Å². The third kappa shape index (κ3) is 7.46. The van der Waals surface area contributed by atoms with E-state index in [4.69, 9.17) is 9.47 Å². The molecule has 1 heterocycles. The Morgan fingerprint density at radius 1 is 1.33 bits per heavy atom. The van der Waals surface area contributed by atoms with Crippen molar-refractivity contribution in [2.24, 2.45) is 4.99 Å². The van der Waals surface area contributed by atoms with Crippen LogP contribution in [0, 0.1) is 6.92 Å². The molecule has 7 heteroatoms. The van der Waals surface area contributed by atoms with Gasteiger partial charge >= 0.3 is 0 Å². The summed E-state index contributed by atoms with van der Waals surface area (Å²) < 4.78 is 11.7. The van der Waals surface area contributed by atoms with Crippen LogP contribution in [0.2, 0.25) is 0 Å². The minimum atomic E-state index is -0.0456. The fraction of sp³-hybridized carbons (Fsp3) is 0.600. The Morgan fingerprint density at radius 2 is 2.19 bits per heavy atom. The zero-order valence-corrected chi connectivity index (χ0v) is 16.6. The van der Waals surface area contributed by atoms with Crippen LogP contribution in [0.3, 0.4) is 0 Å². The van der Waals surface area contributed by atoms with Crippen LogP contribution in [0.15, 0.2) is 23.2 Å². The van der Waals surface area contributed by atoms with Crippen molar-refractivity contribution in [2.45, 2.75) is 45.8 Å². The Morgan fingerprint density at radius 3 is 2.89 bits per heavy atom. The lowest BCUT2D eigenvalue weighted by atomic mass is 10.1. The fourth-order valence-electron chi connectivity index (χ4n) is 2.79. The Labute approximate surface area is 161 Å². The number of aliphatic imine (C=N–C) groups is 1. The number of hydrogen-bond acceptors (Lipinski definition) is 4. The van der Waals surface area contributed by atoms with E-state index in [2.05, 4.69) is 33.1 Å². The number of carbonyl (C=O) groups is 1. The molecule has 3 N–H and O–H groups in total. The van der Waals surface area contributed by atoms with E-state index < -0.39 is 0 Å². The van der Waals surface area contributed by atoms with E-state index >= 15 is 0 Å². The first kappa shape index (κ1) is 21.0. The topological polar surface area (TPSA) is 84.0 Å². The summed E-state index contributed by atoms with van der Waals surface area (Å²) in [4.78, 5) is 15.9. The van der Waals surface area contributed by atoms with Crippen molar-refractivity contribution in [3.63, 3.8) is 0 Å². The molecule has 0 spiro atoms. The highest BCUT2D eigenvalue weighted by Crippen LogP contribution is 2.22. The van der Waals surface area contributed by atoms with Gasteiger partial charge in [-0.2, -0.15) is 0 Å². The van der Waals surface area contributed by atoms with Gasteiger partial charge in [0.1, 0.15) is 12.4 Å². The van der Waals surface area contributed by atoms with E-state index in [1.165, 1.54) is 0 Å². The molecule has 150 valence electrons. The molecule has 0 saturated carbocycles. The largest absolute Gasteiger partial charge is 0.491 e. The molecule has 27 heavy (non-hydrogen) atoms. The summed E-state index contributed by atoms with van der Waals surface area (Å²) in [5.74, 6) is 1.39. The fourth-order valence-corrected chi connectivity index (χ4v) is 2.79. The predicted octanol–water partition coefficient (Wildman–Crippen LogP) is 1.74. The van der Waals surface area contributed by atoms with Gasteiger partial charge in [-0.15, -0.1) is 0 Å². The molecule has 0 bridgehead atoms. The molecule has 1 aromatic carbocycles. The maximum atomic E-state index is 11.7. The number of amides is 1. The smallest absolute Gasteiger partial charge is 0.239 e. The first-order valence-corrected chi connectivity index (χ1v) is 9.67. The van der Waals surface area contributed by atoms with Crippen molar-refractivity contribution in [2.75, 3.05) is 33.4 Å². The van der Waals surface area contributed by atoms with Gasteiger partial charge in [0.05, 0.1) is 12.6 Å². The third-order valence-corrected chi connectivity index (χ3v) is 4.33. The number of hydrogen-bond donors (Lipinski definition) is 3. The summed E-state index contributed by atoms with van der Waals surface area (Å²) in [5.41, 5.74) is 2.19. The van der Waals surface area contributed by atoms with Gasteiger partial charge in [-0.25, -0.2) is 0 Å². The minimum absolute atomic E-state index is 0.0456. The average Bonchev–Trinajstić information content (AvgIpc) is 3.19. The normalized spacial score (nSPS) is 16.9. The molecule has 2 rings (SSSR count). The molecule has 1 atom stereocenters. The monoisotopic (exact) mass is 376 g/mol. The number of benzene rings is 1. The Bertz CT molecular complexity index is 628. The van der Waals surface area contributed by atoms with Gasteiger partial charge in [0.2, 0.25) is 5.91 Å². The lowest BCUT2D eigenvalue weighted by molar-refractivity contribution is -0.120. The SMILES string of the molecule is CCCNC(=O)CNC(=NC)NCc1ccc(C)cc1OCC1CCCO1. The molecule has 1 aromatic rings. The molecule has 0 aliphatic carbocycles. The van der Waals surface area contributed by atoms with Gasteiger partial charge in [-0.05, 0) is 37.8 Å². The molecular formula is C20H32N4O3. The second-order valence-electron chi connectivity index (χ2n) is 6.69. The van der Waals surface area contributed by atoms with Crippen LogP contribution in [0.4, 0.5) is 0 Å². The maximum absolute atomic E-state index is 11.7. The highest BCUT2D eigenvalue weighted by molar-refractivity contribution is 5.86. The van der Waals surface area contributed by atoms with Crippen LogP contribution >= 0.6 is 0 Å². The molecule has 0 radical (unpaired) electrons. The zero-order chi connectivity index (χ0) is 19.5. The summed E-state index contributed by atoms with van der Waals surface area (Å²) in [7, 11) is 1.68. The van der Waals surface area contributed by atoms with E-state index in [9.17, 15) is 4.79 Å². The Hall–Kier alpha value is -2.28. The van der Waals surface area contributed by atoms with Crippen LogP contribution in [0.25, 0.3) is 0 Å². The summed E-state index contributed by atoms with van der Waals surface area (Å²) in [6.45, 7) is 6.89.